The van der Waals surface area contributed by atoms with E-state index in [4.69, 9.17) is 27.9 Å². The Morgan fingerprint density at radius 2 is 2.00 bits per heavy atom. The van der Waals surface area contributed by atoms with Crippen LogP contribution in [0, 0.1) is 0 Å². The molecule has 30 heavy (non-hydrogen) atoms. The van der Waals surface area contributed by atoms with E-state index < -0.39 is 23.3 Å². The molecule has 0 unspecified atom stereocenters. The predicted molar refractivity (Wildman–Crippen MR) is 120 cm³/mol. The van der Waals surface area contributed by atoms with Gasteiger partial charge < -0.3 is 10.1 Å². The molecule has 0 fully saturated rings. The summed E-state index contributed by atoms with van der Waals surface area (Å²) in [5, 5.41) is 10.2. The number of rotatable bonds is 4. The minimum atomic E-state index is -0.678. The Morgan fingerprint density at radius 3 is 2.57 bits per heavy atom. The summed E-state index contributed by atoms with van der Waals surface area (Å²) in [6, 6.07) is 2.46. The Labute approximate surface area is 191 Å². The van der Waals surface area contributed by atoms with E-state index >= 15 is 0 Å². The molecular weight excluding hydrogens is 497 g/mol. The molecule has 0 saturated heterocycles. The Morgan fingerprint density at radius 1 is 1.33 bits per heavy atom. The molecule has 1 atom stereocenters. The van der Waals surface area contributed by atoms with Gasteiger partial charge in [0.1, 0.15) is 11.4 Å². The Kier molecular flexibility index (Phi) is 6.45. The van der Waals surface area contributed by atoms with Gasteiger partial charge in [-0.25, -0.2) is 14.3 Å². The second-order valence-electron chi connectivity index (χ2n) is 7.54. The summed E-state index contributed by atoms with van der Waals surface area (Å²) in [5.41, 5.74) is -0.875. The molecule has 1 amide bonds. The van der Waals surface area contributed by atoms with Crippen molar-refractivity contribution in [2.24, 2.45) is 0 Å². The maximum atomic E-state index is 13.5. The maximum Gasteiger partial charge on any atom is 0.408 e. The summed E-state index contributed by atoms with van der Waals surface area (Å²) in [5.74, 6) is 0.611. The second kappa shape index (κ2) is 8.56. The van der Waals surface area contributed by atoms with Crippen molar-refractivity contribution in [3.05, 3.63) is 49.0 Å². The van der Waals surface area contributed by atoms with Crippen LogP contribution >= 0.6 is 39.1 Å². The largest absolute Gasteiger partial charge is 0.444 e. The molecule has 0 saturated carbocycles. The van der Waals surface area contributed by atoms with Gasteiger partial charge in [-0.1, -0.05) is 30.1 Å². The fraction of sp³-hybridized carbons (Fsp3) is 0.368. The maximum absolute atomic E-state index is 13.5. The van der Waals surface area contributed by atoms with Crippen molar-refractivity contribution >= 4 is 56.1 Å². The van der Waals surface area contributed by atoms with Gasteiger partial charge in [0.2, 0.25) is 0 Å². The molecule has 160 valence electrons. The number of benzene rings is 1. The first-order valence-electron chi connectivity index (χ1n) is 9.13. The molecule has 0 radical (unpaired) electrons. The Bertz CT molecular complexity index is 1170. The highest BCUT2D eigenvalue weighted by Gasteiger charge is 2.27. The van der Waals surface area contributed by atoms with Gasteiger partial charge in [-0.2, -0.15) is 5.10 Å². The molecule has 11 heteroatoms. The number of ether oxygens (including phenoxy) is 1. The predicted octanol–water partition coefficient (Wildman–Crippen LogP) is 5.15. The monoisotopic (exact) mass is 515 g/mol. The first-order chi connectivity index (χ1) is 14.0. The van der Waals surface area contributed by atoms with E-state index in [-0.39, 0.29) is 26.8 Å². The number of fused-ring (bicyclic) bond motifs is 1. The number of carbonyl (C=O) groups is 1. The molecule has 3 aromatic rings. The third-order valence-corrected chi connectivity index (χ3v) is 5.36. The Hall–Kier alpha value is -2.10. The van der Waals surface area contributed by atoms with E-state index in [1.54, 1.807) is 26.8 Å². The van der Waals surface area contributed by atoms with Crippen LogP contribution in [0.5, 0.6) is 0 Å². The van der Waals surface area contributed by atoms with Crippen LogP contribution in [0.3, 0.4) is 0 Å². The molecule has 0 aliphatic heterocycles. The topological polar surface area (TPSA) is 102 Å². The van der Waals surface area contributed by atoms with Crippen molar-refractivity contribution in [3.8, 4) is 5.82 Å². The number of hydrogen-bond acceptors (Lipinski definition) is 5. The first-order valence-corrected chi connectivity index (χ1v) is 10.7. The zero-order chi connectivity index (χ0) is 22.2. The van der Waals surface area contributed by atoms with Crippen LogP contribution in [-0.4, -0.2) is 31.4 Å². The van der Waals surface area contributed by atoms with Crippen molar-refractivity contribution < 1.29 is 9.53 Å². The number of aromatic amines is 1. The zero-order valence-corrected chi connectivity index (χ0v) is 19.8. The molecular formula is C19H20BrCl2N5O3. The van der Waals surface area contributed by atoms with Crippen LogP contribution in [0.15, 0.2) is 27.6 Å². The van der Waals surface area contributed by atoms with E-state index in [1.807, 2.05) is 6.92 Å². The smallest absolute Gasteiger partial charge is 0.408 e. The van der Waals surface area contributed by atoms with Crippen molar-refractivity contribution in [2.75, 3.05) is 0 Å². The van der Waals surface area contributed by atoms with Gasteiger partial charge in [0.05, 0.1) is 37.7 Å². The normalized spacial score (nSPS) is 12.8. The molecule has 2 N–H and O–H groups in total. The number of H-pyrrole nitrogens is 1. The summed E-state index contributed by atoms with van der Waals surface area (Å²) in [6.07, 6.45) is 1.31. The molecule has 3 rings (SSSR count). The summed E-state index contributed by atoms with van der Waals surface area (Å²) >= 11 is 16.0. The van der Waals surface area contributed by atoms with E-state index in [9.17, 15) is 9.59 Å². The van der Waals surface area contributed by atoms with Crippen molar-refractivity contribution in [1.29, 1.82) is 0 Å². The van der Waals surface area contributed by atoms with E-state index in [0.29, 0.717) is 16.7 Å². The lowest BCUT2D eigenvalue weighted by molar-refractivity contribution is 0.0499. The lowest BCUT2D eigenvalue weighted by atomic mass is 10.1. The van der Waals surface area contributed by atoms with E-state index in [0.717, 1.165) is 0 Å². The minimum Gasteiger partial charge on any atom is -0.444 e. The number of nitrogens with one attached hydrogen (secondary N) is 2. The van der Waals surface area contributed by atoms with Gasteiger partial charge in [0.25, 0.3) is 5.56 Å². The van der Waals surface area contributed by atoms with Gasteiger partial charge in [0, 0.05) is 0 Å². The van der Waals surface area contributed by atoms with Crippen molar-refractivity contribution in [2.45, 2.75) is 45.8 Å². The van der Waals surface area contributed by atoms with Gasteiger partial charge in [-0.3, -0.25) is 9.89 Å². The fourth-order valence-electron chi connectivity index (χ4n) is 2.90. The SMILES string of the molecule is CC[C@H](NC(=O)OC(C)(C)C)c1nc2c(Cl)ccc(Cl)c2c(=O)n1-c1[nH]ncc1Br. The third-order valence-electron chi connectivity index (χ3n) is 4.16. The fourth-order valence-corrected chi connectivity index (χ4v) is 3.71. The van der Waals surface area contributed by atoms with Gasteiger partial charge in [-0.05, 0) is 55.3 Å². The number of halogens is 3. The summed E-state index contributed by atoms with van der Waals surface area (Å²) in [7, 11) is 0. The van der Waals surface area contributed by atoms with Crippen LogP contribution in [0.1, 0.15) is 46.0 Å². The standard InChI is InChI=1S/C19H20BrCl2N5O3/c1-5-12(24-18(29)30-19(2,3)4)16-25-14-11(22)7-6-10(21)13(14)17(28)27(16)15-9(20)8-23-26-15/h6-8,12H,5H2,1-4H3,(H,23,26)(H,24,29)/t12-/m0/s1. The first kappa shape index (κ1) is 22.6. The molecule has 2 aromatic heterocycles. The van der Waals surface area contributed by atoms with Crippen LogP contribution in [0.2, 0.25) is 10.0 Å². The average Bonchev–Trinajstić information content (AvgIpc) is 3.06. The molecule has 2 heterocycles. The molecule has 0 aliphatic carbocycles. The summed E-state index contributed by atoms with van der Waals surface area (Å²) in [6.45, 7) is 7.15. The van der Waals surface area contributed by atoms with Gasteiger partial charge >= 0.3 is 6.09 Å². The van der Waals surface area contributed by atoms with Crippen LogP contribution in [0.25, 0.3) is 16.7 Å². The zero-order valence-electron chi connectivity index (χ0n) is 16.7. The van der Waals surface area contributed by atoms with Crippen LogP contribution in [0.4, 0.5) is 4.79 Å². The average molecular weight is 517 g/mol. The van der Waals surface area contributed by atoms with E-state index in [1.165, 1.54) is 16.8 Å². The summed E-state index contributed by atoms with van der Waals surface area (Å²) < 4.78 is 7.23. The van der Waals surface area contributed by atoms with Crippen LogP contribution in [-0.2, 0) is 4.74 Å². The summed E-state index contributed by atoms with van der Waals surface area (Å²) in [4.78, 5) is 30.5. The minimum absolute atomic E-state index is 0.168. The highest BCUT2D eigenvalue weighted by molar-refractivity contribution is 9.10. The molecule has 0 aliphatic rings. The second-order valence-corrected chi connectivity index (χ2v) is 9.21. The number of carbonyl (C=O) groups excluding carboxylic acids is 1. The molecule has 0 spiro atoms. The quantitative estimate of drug-likeness (QED) is 0.499. The Balaban J connectivity index is 2.26. The number of hydrogen-bond donors (Lipinski definition) is 2. The molecule has 1 aromatic carbocycles. The molecule has 8 nitrogen and oxygen atoms in total. The highest BCUT2D eigenvalue weighted by Crippen LogP contribution is 2.30. The number of aromatic nitrogens is 4. The third kappa shape index (κ3) is 4.48. The van der Waals surface area contributed by atoms with E-state index in [2.05, 4.69) is 36.4 Å². The highest BCUT2D eigenvalue weighted by atomic mass is 79.9. The van der Waals surface area contributed by atoms with Gasteiger partial charge in [0.15, 0.2) is 5.82 Å². The molecule has 0 bridgehead atoms. The lowest BCUT2D eigenvalue weighted by Gasteiger charge is -2.24. The lowest BCUT2D eigenvalue weighted by Crippen LogP contribution is -2.38. The van der Waals surface area contributed by atoms with Crippen LogP contribution < -0.4 is 10.9 Å². The van der Waals surface area contributed by atoms with Gasteiger partial charge in [-0.15, -0.1) is 0 Å². The number of alkyl carbamates (subject to hydrolysis) is 1. The van der Waals surface area contributed by atoms with Crippen molar-refractivity contribution in [3.63, 3.8) is 0 Å². The number of amides is 1. The number of nitrogens with zero attached hydrogens (tertiary/aromatic N) is 3. The van der Waals surface area contributed by atoms with Crippen molar-refractivity contribution in [1.82, 2.24) is 25.1 Å².